The fourth-order valence-corrected chi connectivity index (χ4v) is 1.48. The van der Waals surface area contributed by atoms with Gasteiger partial charge in [-0.3, -0.25) is 4.52 Å². The fraction of sp³-hybridized carbons (Fsp3) is 1.00. The van der Waals surface area contributed by atoms with E-state index in [0.717, 1.165) is 6.42 Å². The third-order valence-electron chi connectivity index (χ3n) is 1.95. The van der Waals surface area contributed by atoms with Gasteiger partial charge in [0, 0.05) is 6.61 Å². The first kappa shape index (κ1) is 10.2. The van der Waals surface area contributed by atoms with E-state index < -0.39 is 7.82 Å². The first-order valence-electron chi connectivity index (χ1n) is 3.81. The van der Waals surface area contributed by atoms with Gasteiger partial charge < -0.3 is 14.5 Å². The summed E-state index contributed by atoms with van der Waals surface area (Å²) in [5.74, 6) is 0.316. The van der Waals surface area contributed by atoms with Gasteiger partial charge in [0.1, 0.15) is 0 Å². The van der Waals surface area contributed by atoms with Gasteiger partial charge in [-0.25, -0.2) is 4.57 Å². The van der Waals surface area contributed by atoms with Crippen LogP contribution in [0.3, 0.4) is 0 Å². The largest absolute Gasteiger partial charge is 0.469 e. The maximum Gasteiger partial charge on any atom is 0.469 e. The molecule has 2 atom stereocenters. The molecule has 0 saturated carbocycles. The molecule has 12 heavy (non-hydrogen) atoms. The van der Waals surface area contributed by atoms with E-state index in [1.165, 1.54) is 0 Å². The zero-order chi connectivity index (χ0) is 9.19. The lowest BCUT2D eigenvalue weighted by atomic mass is 10.1. The van der Waals surface area contributed by atoms with E-state index in [2.05, 4.69) is 4.52 Å². The summed E-state index contributed by atoms with van der Waals surface area (Å²) in [7, 11) is -4.32. The minimum absolute atomic E-state index is 0.0224. The Bertz CT molecular complexity index is 188. The van der Waals surface area contributed by atoms with Gasteiger partial charge in [-0.1, -0.05) is 6.92 Å². The van der Waals surface area contributed by atoms with Crippen molar-refractivity contribution < 1.29 is 23.6 Å². The van der Waals surface area contributed by atoms with Crippen molar-refractivity contribution >= 4 is 7.82 Å². The van der Waals surface area contributed by atoms with Crippen LogP contribution >= 0.6 is 7.82 Å². The van der Waals surface area contributed by atoms with E-state index in [4.69, 9.17) is 14.5 Å². The van der Waals surface area contributed by atoms with Crippen molar-refractivity contribution in [2.75, 3.05) is 13.2 Å². The van der Waals surface area contributed by atoms with Crippen LogP contribution in [0, 0.1) is 5.92 Å². The molecule has 5 nitrogen and oxygen atoms in total. The van der Waals surface area contributed by atoms with E-state index >= 15 is 0 Å². The molecule has 1 aliphatic heterocycles. The zero-order valence-electron chi connectivity index (χ0n) is 6.84. The molecule has 0 aliphatic carbocycles. The highest BCUT2D eigenvalue weighted by Crippen LogP contribution is 2.37. The van der Waals surface area contributed by atoms with Crippen molar-refractivity contribution in [2.24, 2.45) is 5.92 Å². The number of rotatable bonds is 3. The highest BCUT2D eigenvalue weighted by molar-refractivity contribution is 7.46. The van der Waals surface area contributed by atoms with E-state index in [9.17, 15) is 4.57 Å². The Balaban J connectivity index is 2.27. The van der Waals surface area contributed by atoms with Crippen molar-refractivity contribution in [1.82, 2.24) is 0 Å². The van der Waals surface area contributed by atoms with Crippen molar-refractivity contribution in [3.8, 4) is 0 Å². The van der Waals surface area contributed by atoms with Crippen LogP contribution in [0.2, 0.25) is 0 Å². The van der Waals surface area contributed by atoms with Crippen LogP contribution in [0.15, 0.2) is 0 Å². The Hall–Kier alpha value is 0.0700. The van der Waals surface area contributed by atoms with Gasteiger partial charge in [-0.05, 0) is 12.3 Å². The minimum atomic E-state index is -4.32. The van der Waals surface area contributed by atoms with Crippen LogP contribution in [0.25, 0.3) is 0 Å². The predicted octanol–water partition coefficient (Wildman–Crippen LogP) is 0.521. The average Bonchev–Trinajstić information content (AvgIpc) is 2.29. The molecule has 1 fully saturated rings. The molecule has 0 spiro atoms. The lowest BCUT2D eigenvalue weighted by molar-refractivity contribution is 0.0400. The molecule has 2 N–H and O–H groups in total. The molecule has 72 valence electrons. The van der Waals surface area contributed by atoms with E-state index in [1.54, 1.807) is 0 Å². The van der Waals surface area contributed by atoms with Gasteiger partial charge in [-0.15, -0.1) is 0 Å². The molecule has 0 radical (unpaired) electrons. The van der Waals surface area contributed by atoms with Gasteiger partial charge in [0.2, 0.25) is 0 Å². The molecule has 0 aromatic heterocycles. The van der Waals surface area contributed by atoms with E-state index in [1.807, 2.05) is 6.92 Å². The molecule has 1 aliphatic rings. The molecular weight excluding hydrogens is 183 g/mol. The Labute approximate surface area is 70.9 Å². The maximum absolute atomic E-state index is 10.3. The van der Waals surface area contributed by atoms with Crippen molar-refractivity contribution in [1.29, 1.82) is 0 Å². The lowest BCUT2D eigenvalue weighted by Gasteiger charge is -2.14. The third-order valence-corrected chi connectivity index (χ3v) is 2.43. The van der Waals surface area contributed by atoms with Crippen molar-refractivity contribution in [2.45, 2.75) is 19.4 Å². The standard InChI is InChI=1S/C6H13O5P/c1-5-2-3-10-6(5)4-11-12(7,8)9/h5-6H,2-4H2,1H3,(H2,7,8,9)/t5-,6?/m0/s1. The normalized spacial score (nSPS) is 30.9. The molecule has 0 aromatic carbocycles. The maximum atomic E-state index is 10.3. The first-order valence-corrected chi connectivity index (χ1v) is 5.34. The Kier molecular flexibility index (Phi) is 3.26. The van der Waals surface area contributed by atoms with Gasteiger partial charge in [-0.2, -0.15) is 0 Å². The molecule has 0 aromatic rings. The van der Waals surface area contributed by atoms with Crippen molar-refractivity contribution in [3.05, 3.63) is 0 Å². The highest BCUT2D eigenvalue weighted by Gasteiger charge is 2.27. The molecule has 0 amide bonds. The van der Waals surface area contributed by atoms with Gasteiger partial charge in [0.25, 0.3) is 0 Å². The molecule has 1 saturated heterocycles. The van der Waals surface area contributed by atoms with Crippen LogP contribution in [-0.4, -0.2) is 29.1 Å². The zero-order valence-corrected chi connectivity index (χ0v) is 7.74. The summed E-state index contributed by atoms with van der Waals surface area (Å²) in [5.41, 5.74) is 0. The first-order chi connectivity index (χ1) is 5.49. The summed E-state index contributed by atoms with van der Waals surface area (Å²) < 4.78 is 19.8. The van der Waals surface area contributed by atoms with Crippen LogP contribution in [0.1, 0.15) is 13.3 Å². The second-order valence-electron chi connectivity index (χ2n) is 2.96. The molecule has 1 heterocycles. The predicted molar refractivity (Wildman–Crippen MR) is 41.5 cm³/mol. The quantitative estimate of drug-likeness (QED) is 0.643. The molecule has 1 unspecified atom stereocenters. The topological polar surface area (TPSA) is 76.0 Å². The van der Waals surface area contributed by atoms with Gasteiger partial charge in [0.05, 0.1) is 12.7 Å². The second kappa shape index (κ2) is 3.85. The van der Waals surface area contributed by atoms with Gasteiger partial charge >= 0.3 is 7.82 Å². The summed E-state index contributed by atoms with van der Waals surface area (Å²) in [6.45, 7) is 2.60. The highest BCUT2D eigenvalue weighted by atomic mass is 31.2. The fourth-order valence-electron chi connectivity index (χ4n) is 1.14. The third kappa shape index (κ3) is 3.21. The number of hydrogen-bond acceptors (Lipinski definition) is 3. The summed E-state index contributed by atoms with van der Waals surface area (Å²) in [5, 5.41) is 0. The van der Waals surface area contributed by atoms with Crippen LogP contribution < -0.4 is 0 Å². The van der Waals surface area contributed by atoms with Crippen LogP contribution in [0.5, 0.6) is 0 Å². The number of phosphoric ester groups is 1. The lowest BCUT2D eigenvalue weighted by Crippen LogP contribution is -2.19. The SMILES string of the molecule is C[C@H]1CCOC1COP(=O)(O)O. The Morgan fingerprint density at radius 3 is 2.75 bits per heavy atom. The summed E-state index contributed by atoms with van der Waals surface area (Å²) >= 11 is 0. The van der Waals surface area contributed by atoms with Crippen LogP contribution in [0.4, 0.5) is 0 Å². The molecule has 0 bridgehead atoms. The van der Waals surface area contributed by atoms with E-state index in [0.29, 0.717) is 12.5 Å². The van der Waals surface area contributed by atoms with Crippen LogP contribution in [-0.2, 0) is 13.8 Å². The molecule has 6 heteroatoms. The monoisotopic (exact) mass is 196 g/mol. The minimum Gasteiger partial charge on any atom is -0.376 e. The Morgan fingerprint density at radius 2 is 2.33 bits per heavy atom. The summed E-state index contributed by atoms with van der Waals surface area (Å²) in [6, 6.07) is 0. The number of ether oxygens (including phenoxy) is 1. The van der Waals surface area contributed by atoms with E-state index in [-0.39, 0.29) is 12.7 Å². The molecular formula is C6H13O5P. The Morgan fingerprint density at radius 1 is 1.67 bits per heavy atom. The number of phosphoric acid groups is 1. The second-order valence-corrected chi connectivity index (χ2v) is 4.20. The smallest absolute Gasteiger partial charge is 0.376 e. The van der Waals surface area contributed by atoms with Crippen molar-refractivity contribution in [3.63, 3.8) is 0 Å². The average molecular weight is 196 g/mol. The molecule has 1 rings (SSSR count). The number of hydrogen-bond donors (Lipinski definition) is 2. The van der Waals surface area contributed by atoms with Gasteiger partial charge in [0.15, 0.2) is 0 Å². The summed E-state index contributed by atoms with van der Waals surface area (Å²) in [4.78, 5) is 16.8. The summed E-state index contributed by atoms with van der Waals surface area (Å²) in [6.07, 6.45) is 0.757.